The summed E-state index contributed by atoms with van der Waals surface area (Å²) >= 11 is 0. The normalized spacial score (nSPS) is 14.0. The molecule has 1 N–H and O–H groups in total. The molecule has 0 aliphatic carbocycles. The molecule has 0 spiro atoms. The zero-order valence-electron chi connectivity index (χ0n) is 10.4. The van der Waals surface area contributed by atoms with Crippen molar-refractivity contribution in [3.8, 4) is 0 Å². The Kier molecular flexibility index (Phi) is 2.91. The fourth-order valence-corrected chi connectivity index (χ4v) is 2.49. The summed E-state index contributed by atoms with van der Waals surface area (Å²) in [6, 6.07) is 9.55. The van der Waals surface area contributed by atoms with Crippen LogP contribution >= 0.6 is 0 Å². The number of aromatic nitrogens is 1. The molecule has 0 saturated carbocycles. The summed E-state index contributed by atoms with van der Waals surface area (Å²) in [6.45, 7) is 0.714. The van der Waals surface area contributed by atoms with Gasteiger partial charge in [0, 0.05) is 24.0 Å². The third-order valence-corrected chi connectivity index (χ3v) is 3.43. The Labute approximate surface area is 111 Å². The molecule has 1 aromatic carbocycles. The van der Waals surface area contributed by atoms with E-state index in [1.165, 1.54) is 5.56 Å². The van der Waals surface area contributed by atoms with Gasteiger partial charge in [-0.25, -0.2) is 0 Å². The highest BCUT2D eigenvalue weighted by atomic mass is 16.2. The van der Waals surface area contributed by atoms with Crippen LogP contribution in [0.3, 0.4) is 0 Å². The molecule has 19 heavy (non-hydrogen) atoms. The van der Waals surface area contributed by atoms with Gasteiger partial charge in [-0.2, -0.15) is 0 Å². The third kappa shape index (κ3) is 2.05. The molecule has 0 fully saturated rings. The Morgan fingerprint density at radius 2 is 2.16 bits per heavy atom. The van der Waals surface area contributed by atoms with Crippen LogP contribution in [0.5, 0.6) is 0 Å². The number of rotatable bonds is 2. The number of H-pyrrole nitrogens is 1. The van der Waals surface area contributed by atoms with Gasteiger partial charge in [0.2, 0.25) is 0 Å². The second-order valence-corrected chi connectivity index (χ2v) is 4.65. The molecule has 2 heterocycles. The molecular formula is C15H14N2O2. The van der Waals surface area contributed by atoms with Crippen molar-refractivity contribution in [3.05, 3.63) is 53.3 Å². The van der Waals surface area contributed by atoms with Crippen LogP contribution in [0.15, 0.2) is 36.5 Å². The van der Waals surface area contributed by atoms with Crippen molar-refractivity contribution in [1.82, 2.24) is 4.98 Å². The number of aromatic amines is 1. The molecule has 1 aromatic heterocycles. The lowest BCUT2D eigenvalue weighted by Gasteiger charge is -2.29. The summed E-state index contributed by atoms with van der Waals surface area (Å²) in [5, 5.41) is 0. The number of carbonyl (C=O) groups is 2. The van der Waals surface area contributed by atoms with Gasteiger partial charge in [-0.3, -0.25) is 9.59 Å². The maximum atomic E-state index is 12.5. The Bertz CT molecular complexity index is 631. The monoisotopic (exact) mass is 254 g/mol. The van der Waals surface area contributed by atoms with E-state index in [1.54, 1.807) is 17.2 Å². The number of hydrogen-bond acceptors (Lipinski definition) is 2. The molecule has 0 unspecified atom stereocenters. The zero-order valence-corrected chi connectivity index (χ0v) is 10.4. The maximum absolute atomic E-state index is 12.5. The van der Waals surface area contributed by atoms with E-state index in [0.29, 0.717) is 17.8 Å². The van der Waals surface area contributed by atoms with Crippen molar-refractivity contribution in [2.45, 2.75) is 12.8 Å². The summed E-state index contributed by atoms with van der Waals surface area (Å²) in [7, 11) is 0. The molecule has 4 heteroatoms. The minimum atomic E-state index is -0.0831. The fourth-order valence-electron chi connectivity index (χ4n) is 2.49. The smallest absolute Gasteiger partial charge is 0.274 e. The van der Waals surface area contributed by atoms with Crippen LogP contribution in [0.1, 0.15) is 32.8 Å². The minimum Gasteiger partial charge on any atom is -0.356 e. The van der Waals surface area contributed by atoms with Gasteiger partial charge in [0.1, 0.15) is 5.69 Å². The number of para-hydroxylation sites is 1. The third-order valence-electron chi connectivity index (χ3n) is 3.43. The van der Waals surface area contributed by atoms with E-state index in [2.05, 4.69) is 11.1 Å². The fraction of sp³-hybridized carbons (Fsp3) is 0.200. The van der Waals surface area contributed by atoms with E-state index in [-0.39, 0.29) is 5.91 Å². The van der Waals surface area contributed by atoms with Crippen molar-refractivity contribution >= 4 is 17.9 Å². The first kappa shape index (κ1) is 11.7. The number of anilines is 1. The number of amides is 1. The number of nitrogens with one attached hydrogen (secondary N) is 1. The van der Waals surface area contributed by atoms with Crippen molar-refractivity contribution in [3.63, 3.8) is 0 Å². The van der Waals surface area contributed by atoms with Crippen LogP contribution in [-0.4, -0.2) is 23.7 Å². The second kappa shape index (κ2) is 4.72. The number of aryl methyl sites for hydroxylation is 1. The van der Waals surface area contributed by atoms with E-state index in [1.807, 2.05) is 18.2 Å². The quantitative estimate of drug-likeness (QED) is 0.837. The van der Waals surface area contributed by atoms with Crippen molar-refractivity contribution < 1.29 is 9.59 Å². The number of benzene rings is 1. The average Bonchev–Trinajstić information content (AvgIpc) is 2.95. The highest BCUT2D eigenvalue weighted by Crippen LogP contribution is 2.27. The largest absolute Gasteiger partial charge is 0.356 e. The second-order valence-electron chi connectivity index (χ2n) is 4.65. The van der Waals surface area contributed by atoms with Crippen molar-refractivity contribution in [2.24, 2.45) is 0 Å². The molecule has 0 radical (unpaired) electrons. The number of carbonyl (C=O) groups excluding carboxylic acids is 2. The van der Waals surface area contributed by atoms with Gasteiger partial charge < -0.3 is 9.88 Å². The molecule has 3 rings (SSSR count). The molecule has 0 saturated heterocycles. The molecular weight excluding hydrogens is 240 g/mol. The van der Waals surface area contributed by atoms with Crippen LogP contribution in [0.2, 0.25) is 0 Å². The number of aldehydes is 1. The predicted molar refractivity (Wildman–Crippen MR) is 72.6 cm³/mol. The Balaban J connectivity index is 1.95. The van der Waals surface area contributed by atoms with Gasteiger partial charge >= 0.3 is 0 Å². The minimum absolute atomic E-state index is 0.0831. The van der Waals surface area contributed by atoms with Gasteiger partial charge in [0.15, 0.2) is 6.29 Å². The number of nitrogens with zero attached hydrogens (tertiary/aromatic N) is 1. The van der Waals surface area contributed by atoms with Gasteiger partial charge in [-0.15, -0.1) is 0 Å². The van der Waals surface area contributed by atoms with E-state index >= 15 is 0 Å². The first-order chi connectivity index (χ1) is 9.29. The first-order valence-corrected chi connectivity index (χ1v) is 6.33. The summed E-state index contributed by atoms with van der Waals surface area (Å²) in [5.41, 5.74) is 3.12. The highest BCUT2D eigenvalue weighted by Gasteiger charge is 2.23. The van der Waals surface area contributed by atoms with Gasteiger partial charge in [-0.1, -0.05) is 18.2 Å². The zero-order chi connectivity index (χ0) is 13.2. The van der Waals surface area contributed by atoms with Crippen LogP contribution in [0.4, 0.5) is 5.69 Å². The maximum Gasteiger partial charge on any atom is 0.274 e. The van der Waals surface area contributed by atoms with Gasteiger partial charge in [0.25, 0.3) is 5.91 Å². The summed E-state index contributed by atoms with van der Waals surface area (Å²) < 4.78 is 0. The van der Waals surface area contributed by atoms with E-state index in [4.69, 9.17) is 0 Å². The van der Waals surface area contributed by atoms with Crippen LogP contribution in [-0.2, 0) is 6.42 Å². The molecule has 1 aliphatic heterocycles. The van der Waals surface area contributed by atoms with E-state index in [0.717, 1.165) is 24.8 Å². The molecule has 4 nitrogen and oxygen atoms in total. The molecule has 1 amide bonds. The van der Waals surface area contributed by atoms with Crippen molar-refractivity contribution in [2.75, 3.05) is 11.4 Å². The van der Waals surface area contributed by atoms with Crippen LogP contribution in [0, 0.1) is 0 Å². The lowest BCUT2D eigenvalue weighted by molar-refractivity contribution is 0.0981. The summed E-state index contributed by atoms with van der Waals surface area (Å²) in [5.74, 6) is -0.0831. The summed E-state index contributed by atoms with van der Waals surface area (Å²) in [4.78, 5) is 27.8. The molecule has 2 aromatic rings. The van der Waals surface area contributed by atoms with E-state index < -0.39 is 0 Å². The Morgan fingerprint density at radius 1 is 1.32 bits per heavy atom. The van der Waals surface area contributed by atoms with Gasteiger partial charge in [0.05, 0.1) is 0 Å². The standard InChI is InChI=1S/C15H14N2O2/c18-10-11-8-13(16-9-11)15(19)17-7-3-5-12-4-1-2-6-14(12)17/h1-2,4,6,8-10,16H,3,5,7H2. The molecule has 1 aliphatic rings. The Morgan fingerprint density at radius 3 is 2.95 bits per heavy atom. The predicted octanol–water partition coefficient (Wildman–Crippen LogP) is 2.42. The average molecular weight is 254 g/mol. The molecule has 0 bridgehead atoms. The SMILES string of the molecule is O=Cc1c[nH]c(C(=O)N2CCCc3ccccc32)c1. The number of fused-ring (bicyclic) bond motifs is 1. The highest BCUT2D eigenvalue weighted by molar-refractivity contribution is 6.06. The number of hydrogen-bond donors (Lipinski definition) is 1. The van der Waals surface area contributed by atoms with E-state index in [9.17, 15) is 9.59 Å². The molecule has 96 valence electrons. The van der Waals surface area contributed by atoms with Gasteiger partial charge in [-0.05, 0) is 30.5 Å². The topological polar surface area (TPSA) is 53.2 Å². The van der Waals surface area contributed by atoms with Crippen LogP contribution < -0.4 is 4.90 Å². The van der Waals surface area contributed by atoms with Crippen molar-refractivity contribution in [1.29, 1.82) is 0 Å². The lowest BCUT2D eigenvalue weighted by atomic mass is 10.0. The Hall–Kier alpha value is -2.36. The lowest BCUT2D eigenvalue weighted by Crippen LogP contribution is -2.35. The molecule has 0 atom stereocenters. The van der Waals surface area contributed by atoms with Crippen LogP contribution in [0.25, 0.3) is 0 Å². The summed E-state index contributed by atoms with van der Waals surface area (Å²) in [6.07, 6.45) is 4.25. The first-order valence-electron chi connectivity index (χ1n) is 6.33.